The van der Waals surface area contributed by atoms with Crippen LogP contribution in [0.25, 0.3) is 0 Å². The van der Waals surface area contributed by atoms with Gasteiger partial charge in [0.1, 0.15) is 0 Å². The number of nitrogens with one attached hydrogen (secondary N) is 1. The Kier molecular flexibility index (Phi) is 3.51. The number of halogens is 1. The number of rotatable bonds is 3. The smallest absolute Gasteiger partial charge is 0.0931 e. The van der Waals surface area contributed by atoms with E-state index in [9.17, 15) is 0 Å². The zero-order chi connectivity index (χ0) is 11.4. The highest BCUT2D eigenvalue weighted by Gasteiger charge is 1.98. The molecule has 1 heterocycles. The average Bonchev–Trinajstić information content (AvgIpc) is 2.73. The van der Waals surface area contributed by atoms with Crippen molar-refractivity contribution < 1.29 is 0 Å². The molecule has 0 atom stereocenters. The molecular formula is C13H10ClNS. The van der Waals surface area contributed by atoms with Gasteiger partial charge in [-0.3, -0.25) is 0 Å². The van der Waals surface area contributed by atoms with Gasteiger partial charge in [0, 0.05) is 22.7 Å². The topological polar surface area (TPSA) is 12.0 Å². The van der Waals surface area contributed by atoms with E-state index in [1.54, 1.807) is 11.3 Å². The van der Waals surface area contributed by atoms with Gasteiger partial charge in [0.15, 0.2) is 0 Å². The minimum atomic E-state index is 0.769. The van der Waals surface area contributed by atoms with Crippen molar-refractivity contribution in [2.24, 2.45) is 0 Å². The first kappa shape index (κ1) is 11.1. The summed E-state index contributed by atoms with van der Waals surface area (Å²) in [6.07, 6.45) is 5.34. The third kappa shape index (κ3) is 2.79. The molecule has 0 bridgehead atoms. The van der Waals surface area contributed by atoms with E-state index in [4.69, 9.17) is 18.0 Å². The third-order valence-corrected chi connectivity index (χ3v) is 3.36. The fourth-order valence-electron chi connectivity index (χ4n) is 1.35. The summed E-state index contributed by atoms with van der Waals surface area (Å²) < 4.78 is 0.814. The van der Waals surface area contributed by atoms with Crippen molar-refractivity contribution in [1.82, 2.24) is 0 Å². The molecule has 2 aromatic rings. The molecule has 0 aliphatic rings. The molecular weight excluding hydrogens is 238 g/mol. The normalized spacial score (nSPS) is 9.75. The maximum atomic E-state index is 5.85. The molecule has 0 saturated heterocycles. The molecule has 1 nitrogen and oxygen atoms in total. The quantitative estimate of drug-likeness (QED) is 0.809. The van der Waals surface area contributed by atoms with Gasteiger partial charge >= 0.3 is 0 Å². The van der Waals surface area contributed by atoms with Gasteiger partial charge in [-0.25, -0.2) is 0 Å². The van der Waals surface area contributed by atoms with Gasteiger partial charge in [-0.1, -0.05) is 23.6 Å². The minimum absolute atomic E-state index is 0.769. The summed E-state index contributed by atoms with van der Waals surface area (Å²) in [5.41, 5.74) is 1.91. The van der Waals surface area contributed by atoms with E-state index in [1.807, 2.05) is 36.4 Å². The molecule has 1 aromatic heterocycles. The summed E-state index contributed by atoms with van der Waals surface area (Å²) in [6.45, 7) is 0.769. The highest BCUT2D eigenvalue weighted by atomic mass is 35.5. The summed E-state index contributed by atoms with van der Waals surface area (Å²) in [4.78, 5) is 1.20. The van der Waals surface area contributed by atoms with E-state index in [1.165, 1.54) is 4.88 Å². The summed E-state index contributed by atoms with van der Waals surface area (Å²) in [6, 6.07) is 11.7. The Hall–Kier alpha value is -1.43. The van der Waals surface area contributed by atoms with Crippen LogP contribution in [0, 0.1) is 12.3 Å². The average molecular weight is 248 g/mol. The molecule has 0 unspecified atom stereocenters. The second-order valence-corrected chi connectivity index (χ2v) is 5.08. The van der Waals surface area contributed by atoms with Crippen molar-refractivity contribution in [3.05, 3.63) is 51.2 Å². The number of terminal acetylenes is 1. The predicted molar refractivity (Wildman–Crippen MR) is 71.0 cm³/mol. The van der Waals surface area contributed by atoms with Crippen molar-refractivity contribution in [2.45, 2.75) is 6.54 Å². The Bertz CT molecular complexity index is 525. The van der Waals surface area contributed by atoms with E-state index in [-0.39, 0.29) is 0 Å². The van der Waals surface area contributed by atoms with Crippen molar-refractivity contribution in [3.8, 4) is 12.3 Å². The monoisotopic (exact) mass is 247 g/mol. The van der Waals surface area contributed by atoms with Gasteiger partial charge < -0.3 is 5.32 Å². The number of hydrogen-bond acceptors (Lipinski definition) is 2. The minimum Gasteiger partial charge on any atom is -0.380 e. The van der Waals surface area contributed by atoms with Gasteiger partial charge in [-0.2, -0.15) is 0 Å². The van der Waals surface area contributed by atoms with Crippen LogP contribution in [0.15, 0.2) is 36.4 Å². The largest absolute Gasteiger partial charge is 0.380 e. The van der Waals surface area contributed by atoms with E-state index in [2.05, 4.69) is 11.2 Å². The molecule has 2 rings (SSSR count). The second kappa shape index (κ2) is 5.07. The first-order valence-corrected chi connectivity index (χ1v) is 6.02. The molecule has 0 aliphatic heterocycles. The Balaban J connectivity index is 2.02. The van der Waals surface area contributed by atoms with E-state index in [0.29, 0.717) is 0 Å². The zero-order valence-electron chi connectivity index (χ0n) is 8.53. The first-order valence-electron chi connectivity index (χ1n) is 4.83. The van der Waals surface area contributed by atoms with Crippen LogP contribution in [0.2, 0.25) is 4.34 Å². The lowest BCUT2D eigenvalue weighted by Gasteiger charge is -2.04. The van der Waals surface area contributed by atoms with Crippen LogP contribution < -0.4 is 5.32 Å². The molecule has 0 saturated carbocycles. The summed E-state index contributed by atoms with van der Waals surface area (Å²) >= 11 is 7.43. The number of thiophene rings is 1. The Morgan fingerprint density at radius 1 is 1.31 bits per heavy atom. The molecule has 1 aromatic carbocycles. The van der Waals surface area contributed by atoms with E-state index in [0.717, 1.165) is 22.1 Å². The molecule has 3 heteroatoms. The molecule has 80 valence electrons. The van der Waals surface area contributed by atoms with Gasteiger partial charge in [-0.15, -0.1) is 17.8 Å². The standard InChI is InChI=1S/C13H10ClNS/c1-2-10-4-3-5-11(8-10)15-9-12-6-7-13(14)16-12/h1,3-8,15H,9H2. The summed E-state index contributed by atoms with van der Waals surface area (Å²) in [5, 5.41) is 3.31. The zero-order valence-corrected chi connectivity index (χ0v) is 10.1. The number of anilines is 1. The lowest BCUT2D eigenvalue weighted by atomic mass is 10.2. The van der Waals surface area contributed by atoms with Gasteiger partial charge in [0.05, 0.1) is 4.34 Å². The van der Waals surface area contributed by atoms with Crippen molar-refractivity contribution in [1.29, 1.82) is 0 Å². The third-order valence-electron chi connectivity index (χ3n) is 2.12. The molecule has 0 fully saturated rings. The van der Waals surface area contributed by atoms with E-state index < -0.39 is 0 Å². The summed E-state index contributed by atoms with van der Waals surface area (Å²) in [7, 11) is 0. The van der Waals surface area contributed by atoms with Crippen LogP contribution in [-0.2, 0) is 6.54 Å². The Labute approximate surface area is 104 Å². The fraction of sp³-hybridized carbons (Fsp3) is 0.0769. The van der Waals surface area contributed by atoms with Crippen molar-refractivity contribution >= 4 is 28.6 Å². The lowest BCUT2D eigenvalue weighted by molar-refractivity contribution is 1.19. The van der Waals surface area contributed by atoms with Crippen LogP contribution >= 0.6 is 22.9 Å². The van der Waals surface area contributed by atoms with Crippen LogP contribution in [0.5, 0.6) is 0 Å². The molecule has 16 heavy (non-hydrogen) atoms. The van der Waals surface area contributed by atoms with Gasteiger partial charge in [0.2, 0.25) is 0 Å². The van der Waals surface area contributed by atoms with Crippen LogP contribution in [0.3, 0.4) is 0 Å². The Morgan fingerprint density at radius 2 is 2.19 bits per heavy atom. The highest BCUT2D eigenvalue weighted by Crippen LogP contribution is 2.22. The second-order valence-electron chi connectivity index (χ2n) is 3.28. The first-order chi connectivity index (χ1) is 7.78. The number of hydrogen-bond donors (Lipinski definition) is 1. The van der Waals surface area contributed by atoms with Crippen molar-refractivity contribution in [3.63, 3.8) is 0 Å². The molecule has 0 spiro atoms. The van der Waals surface area contributed by atoms with Crippen molar-refractivity contribution in [2.75, 3.05) is 5.32 Å². The molecule has 0 radical (unpaired) electrons. The van der Waals surface area contributed by atoms with Crippen LogP contribution in [-0.4, -0.2) is 0 Å². The van der Waals surface area contributed by atoms with Crippen LogP contribution in [0.1, 0.15) is 10.4 Å². The molecule has 0 amide bonds. The van der Waals surface area contributed by atoms with Gasteiger partial charge in [0.25, 0.3) is 0 Å². The van der Waals surface area contributed by atoms with E-state index >= 15 is 0 Å². The maximum Gasteiger partial charge on any atom is 0.0931 e. The highest BCUT2D eigenvalue weighted by molar-refractivity contribution is 7.16. The maximum absolute atomic E-state index is 5.85. The Morgan fingerprint density at radius 3 is 2.88 bits per heavy atom. The van der Waals surface area contributed by atoms with Crippen LogP contribution in [0.4, 0.5) is 5.69 Å². The summed E-state index contributed by atoms with van der Waals surface area (Å²) in [5.74, 6) is 2.61. The SMILES string of the molecule is C#Cc1cccc(NCc2ccc(Cl)s2)c1. The molecule has 1 N–H and O–H groups in total. The predicted octanol–water partition coefficient (Wildman–Crippen LogP) is 3.99. The molecule has 0 aliphatic carbocycles. The van der Waals surface area contributed by atoms with Gasteiger partial charge in [-0.05, 0) is 30.3 Å². The number of benzene rings is 1. The fourth-order valence-corrected chi connectivity index (χ4v) is 2.38. The lowest BCUT2D eigenvalue weighted by Crippen LogP contribution is -1.97.